The summed E-state index contributed by atoms with van der Waals surface area (Å²) in [5, 5.41) is 10.8. The smallest absolute Gasteiger partial charge is 0.311 e. The third-order valence-corrected chi connectivity index (χ3v) is 5.43. The minimum atomic E-state index is -0.626. The van der Waals surface area contributed by atoms with Gasteiger partial charge in [-0.3, -0.25) is 9.69 Å². The van der Waals surface area contributed by atoms with Gasteiger partial charge >= 0.3 is 5.97 Å². The van der Waals surface area contributed by atoms with E-state index in [-0.39, 0.29) is 23.9 Å². The molecule has 2 heterocycles. The van der Waals surface area contributed by atoms with Crippen molar-refractivity contribution in [1.82, 2.24) is 4.90 Å². The van der Waals surface area contributed by atoms with E-state index in [1.165, 1.54) is 11.1 Å². The minimum absolute atomic E-state index is 0.159. The SMILES string of the molecule is CC1=C[C@@H](O)[C@@H]2[C@H](CC(C)=CCC1)OC(=O)[C@H]2CN1CCOCC1. The molecule has 0 bridgehead atoms. The molecule has 0 aromatic rings. The summed E-state index contributed by atoms with van der Waals surface area (Å²) in [5.41, 5.74) is 2.42. The van der Waals surface area contributed by atoms with Gasteiger partial charge in [-0.1, -0.05) is 23.3 Å². The first-order valence-electron chi connectivity index (χ1n) is 9.06. The van der Waals surface area contributed by atoms with Crippen molar-refractivity contribution in [2.45, 2.75) is 45.3 Å². The molecular formula is C19H29NO4. The highest BCUT2D eigenvalue weighted by atomic mass is 16.6. The van der Waals surface area contributed by atoms with Crippen LogP contribution in [0.15, 0.2) is 23.3 Å². The Morgan fingerprint density at radius 2 is 2.00 bits per heavy atom. The Hall–Kier alpha value is -1.17. The van der Waals surface area contributed by atoms with Crippen LogP contribution in [-0.2, 0) is 14.3 Å². The van der Waals surface area contributed by atoms with Crippen LogP contribution >= 0.6 is 0 Å². The van der Waals surface area contributed by atoms with Gasteiger partial charge < -0.3 is 14.6 Å². The number of morpholine rings is 1. The number of aliphatic hydroxyl groups is 1. The minimum Gasteiger partial charge on any atom is -0.461 e. The van der Waals surface area contributed by atoms with E-state index >= 15 is 0 Å². The summed E-state index contributed by atoms with van der Waals surface area (Å²) in [5.74, 6) is -0.593. The number of carbonyl (C=O) groups excluding carboxylic acids is 1. The van der Waals surface area contributed by atoms with Crippen molar-refractivity contribution in [3.05, 3.63) is 23.3 Å². The maximum Gasteiger partial charge on any atom is 0.311 e. The first kappa shape index (κ1) is 17.6. The van der Waals surface area contributed by atoms with E-state index in [4.69, 9.17) is 9.47 Å². The highest BCUT2D eigenvalue weighted by molar-refractivity contribution is 5.76. The summed E-state index contributed by atoms with van der Waals surface area (Å²) in [6.45, 7) is 7.88. The van der Waals surface area contributed by atoms with Gasteiger partial charge in [0.2, 0.25) is 0 Å². The van der Waals surface area contributed by atoms with Crippen molar-refractivity contribution in [2.24, 2.45) is 11.8 Å². The Balaban J connectivity index is 1.81. The molecule has 0 aromatic carbocycles. The van der Waals surface area contributed by atoms with Gasteiger partial charge in [0.05, 0.1) is 25.2 Å². The highest BCUT2D eigenvalue weighted by Gasteiger charge is 2.48. The first-order valence-corrected chi connectivity index (χ1v) is 9.06. The standard InChI is InChI=1S/C19H29NO4/c1-13-4-3-5-14(2)11-17-18(16(21)10-13)15(19(22)24-17)12-20-6-8-23-9-7-20/h5,10,15-18,21H,3-4,6-9,11-12H2,1-2H3/t15-,16+,17-,18+/m0/s1. The van der Waals surface area contributed by atoms with Crippen molar-refractivity contribution in [3.63, 3.8) is 0 Å². The number of ether oxygens (including phenoxy) is 2. The number of allylic oxidation sites excluding steroid dienone is 2. The number of nitrogens with zero attached hydrogens (tertiary/aromatic N) is 1. The predicted octanol–water partition coefficient (Wildman–Crippen LogP) is 1.91. The van der Waals surface area contributed by atoms with Gasteiger partial charge in [-0.25, -0.2) is 0 Å². The van der Waals surface area contributed by atoms with E-state index in [0.717, 1.165) is 32.4 Å². The largest absolute Gasteiger partial charge is 0.461 e. The Morgan fingerprint density at radius 3 is 2.75 bits per heavy atom. The van der Waals surface area contributed by atoms with Gasteiger partial charge in [-0.05, 0) is 26.7 Å². The van der Waals surface area contributed by atoms with Crippen LogP contribution in [0, 0.1) is 11.8 Å². The summed E-state index contributed by atoms with van der Waals surface area (Å²) in [6.07, 6.45) is 5.96. The van der Waals surface area contributed by atoms with Crippen LogP contribution in [0.25, 0.3) is 0 Å². The molecule has 0 unspecified atom stereocenters. The van der Waals surface area contributed by atoms with Crippen molar-refractivity contribution < 1.29 is 19.4 Å². The van der Waals surface area contributed by atoms with E-state index in [0.29, 0.717) is 19.8 Å². The predicted molar refractivity (Wildman–Crippen MR) is 91.5 cm³/mol. The summed E-state index contributed by atoms with van der Waals surface area (Å²) in [6, 6.07) is 0. The molecule has 1 N–H and O–H groups in total. The van der Waals surface area contributed by atoms with Crippen LogP contribution in [0.1, 0.15) is 33.1 Å². The fourth-order valence-electron chi connectivity index (χ4n) is 4.06. The molecule has 0 saturated carbocycles. The average Bonchev–Trinajstić information content (AvgIpc) is 2.83. The summed E-state index contributed by atoms with van der Waals surface area (Å²) in [4.78, 5) is 14.8. The third kappa shape index (κ3) is 4.08. The van der Waals surface area contributed by atoms with E-state index in [9.17, 15) is 9.90 Å². The first-order chi connectivity index (χ1) is 11.5. The normalized spacial score (nSPS) is 35.7. The summed E-state index contributed by atoms with van der Waals surface area (Å²) in [7, 11) is 0. The Labute approximate surface area is 144 Å². The van der Waals surface area contributed by atoms with Crippen LogP contribution in [0.3, 0.4) is 0 Å². The number of esters is 1. The van der Waals surface area contributed by atoms with Crippen LogP contribution in [0.5, 0.6) is 0 Å². The van der Waals surface area contributed by atoms with Crippen molar-refractivity contribution in [2.75, 3.05) is 32.8 Å². The molecule has 1 aliphatic carbocycles. The quantitative estimate of drug-likeness (QED) is 0.617. The van der Waals surface area contributed by atoms with Crippen LogP contribution in [0.2, 0.25) is 0 Å². The lowest BCUT2D eigenvalue weighted by Gasteiger charge is -2.31. The third-order valence-electron chi connectivity index (χ3n) is 5.43. The lowest BCUT2D eigenvalue weighted by Crippen LogP contribution is -2.44. The molecule has 5 nitrogen and oxygen atoms in total. The van der Waals surface area contributed by atoms with Crippen molar-refractivity contribution >= 4 is 5.97 Å². The second kappa shape index (κ2) is 7.81. The van der Waals surface area contributed by atoms with Gasteiger partial charge in [-0.15, -0.1) is 0 Å². The highest BCUT2D eigenvalue weighted by Crippen LogP contribution is 2.37. The number of aliphatic hydroxyl groups excluding tert-OH is 1. The molecular weight excluding hydrogens is 306 g/mol. The Morgan fingerprint density at radius 1 is 1.25 bits per heavy atom. The van der Waals surface area contributed by atoms with Gasteiger partial charge in [0.25, 0.3) is 0 Å². The zero-order valence-corrected chi connectivity index (χ0v) is 14.7. The van der Waals surface area contributed by atoms with Crippen molar-refractivity contribution in [3.8, 4) is 0 Å². The average molecular weight is 335 g/mol. The summed E-state index contributed by atoms with van der Waals surface area (Å²) < 4.78 is 11.1. The number of rotatable bonds is 2. The van der Waals surface area contributed by atoms with E-state index in [1.54, 1.807) is 0 Å². The van der Waals surface area contributed by atoms with E-state index in [1.807, 2.05) is 6.08 Å². The zero-order valence-electron chi connectivity index (χ0n) is 14.7. The molecule has 0 amide bonds. The topological polar surface area (TPSA) is 59.0 Å². The van der Waals surface area contributed by atoms with Gasteiger partial charge in [0, 0.05) is 32.0 Å². The zero-order chi connectivity index (χ0) is 17.1. The fraction of sp³-hybridized carbons (Fsp3) is 0.737. The molecule has 4 atom stereocenters. The number of fused-ring (bicyclic) bond motifs is 1. The Kier molecular flexibility index (Phi) is 5.74. The molecule has 3 rings (SSSR count). The lowest BCUT2D eigenvalue weighted by molar-refractivity contribution is -0.144. The van der Waals surface area contributed by atoms with Crippen LogP contribution in [-0.4, -0.2) is 61.0 Å². The molecule has 2 fully saturated rings. The molecule has 3 aliphatic rings. The van der Waals surface area contributed by atoms with Gasteiger partial charge in [0.1, 0.15) is 6.10 Å². The second-order valence-corrected chi connectivity index (χ2v) is 7.37. The number of hydrogen-bond donors (Lipinski definition) is 1. The van der Waals surface area contributed by atoms with Gasteiger partial charge in [0.15, 0.2) is 0 Å². The Bertz CT molecular complexity index is 521. The molecule has 2 saturated heterocycles. The maximum atomic E-state index is 12.5. The number of hydrogen-bond acceptors (Lipinski definition) is 5. The second-order valence-electron chi connectivity index (χ2n) is 7.37. The molecule has 0 spiro atoms. The summed E-state index contributed by atoms with van der Waals surface area (Å²) >= 11 is 0. The lowest BCUT2D eigenvalue weighted by atomic mass is 9.81. The van der Waals surface area contributed by atoms with E-state index in [2.05, 4.69) is 24.8 Å². The maximum absolute atomic E-state index is 12.5. The molecule has 2 aliphatic heterocycles. The molecule has 24 heavy (non-hydrogen) atoms. The fourth-order valence-corrected chi connectivity index (χ4v) is 4.06. The monoisotopic (exact) mass is 335 g/mol. The van der Waals surface area contributed by atoms with Crippen molar-refractivity contribution in [1.29, 1.82) is 0 Å². The van der Waals surface area contributed by atoms with Crippen LogP contribution in [0.4, 0.5) is 0 Å². The molecule has 134 valence electrons. The number of carbonyl (C=O) groups is 1. The molecule has 0 aromatic heterocycles. The van der Waals surface area contributed by atoms with E-state index < -0.39 is 6.10 Å². The van der Waals surface area contributed by atoms with Gasteiger partial charge in [-0.2, -0.15) is 0 Å². The van der Waals surface area contributed by atoms with Crippen LogP contribution < -0.4 is 0 Å². The molecule has 5 heteroatoms. The molecule has 0 radical (unpaired) electrons.